The second kappa shape index (κ2) is 7.64. The molecule has 0 saturated carbocycles. The van der Waals surface area contributed by atoms with E-state index in [9.17, 15) is 9.18 Å². The van der Waals surface area contributed by atoms with Gasteiger partial charge in [-0.05, 0) is 31.4 Å². The van der Waals surface area contributed by atoms with Crippen LogP contribution in [0.5, 0.6) is 0 Å². The van der Waals surface area contributed by atoms with E-state index in [1.807, 2.05) is 26.2 Å². The molecule has 1 atom stereocenters. The molecule has 1 unspecified atom stereocenters. The third-order valence-electron chi connectivity index (χ3n) is 6.01. The zero-order valence-electron chi connectivity index (χ0n) is 17.5. The Bertz CT molecular complexity index is 1270. The number of amides is 1. The van der Waals surface area contributed by atoms with Crippen molar-refractivity contribution in [2.45, 2.75) is 45.2 Å². The number of benzene rings is 1. The number of nitrogens with zero attached hydrogens (tertiary/aromatic N) is 5. The molecule has 1 aliphatic heterocycles. The Balaban J connectivity index is 1.28. The van der Waals surface area contributed by atoms with Gasteiger partial charge in [0.15, 0.2) is 5.82 Å². The van der Waals surface area contributed by atoms with Gasteiger partial charge >= 0.3 is 0 Å². The summed E-state index contributed by atoms with van der Waals surface area (Å²) in [7, 11) is 1.87. The minimum atomic E-state index is -0.302. The van der Waals surface area contributed by atoms with E-state index < -0.39 is 0 Å². The fourth-order valence-corrected chi connectivity index (χ4v) is 4.42. The van der Waals surface area contributed by atoms with Crippen LogP contribution in [0, 0.1) is 12.7 Å². The normalized spacial score (nSPS) is 16.3. The number of fused-ring (bicyclic) bond motifs is 2. The summed E-state index contributed by atoms with van der Waals surface area (Å²) in [5.41, 5.74) is 3.06. The Morgan fingerprint density at radius 3 is 3.00 bits per heavy atom. The lowest BCUT2D eigenvalue weighted by Gasteiger charge is -2.16. The Morgan fingerprint density at radius 2 is 2.19 bits per heavy atom. The Kier molecular flexibility index (Phi) is 4.80. The molecule has 2 N–H and O–H groups in total. The van der Waals surface area contributed by atoms with Crippen molar-refractivity contribution in [3.05, 3.63) is 53.5 Å². The van der Waals surface area contributed by atoms with Gasteiger partial charge in [0.2, 0.25) is 5.91 Å². The van der Waals surface area contributed by atoms with Crippen LogP contribution in [0.3, 0.4) is 0 Å². The van der Waals surface area contributed by atoms with Gasteiger partial charge in [-0.3, -0.25) is 9.48 Å². The van der Waals surface area contributed by atoms with Crippen molar-refractivity contribution in [1.82, 2.24) is 34.8 Å². The average molecular weight is 421 g/mol. The highest BCUT2D eigenvalue weighted by atomic mass is 19.1. The van der Waals surface area contributed by atoms with Crippen molar-refractivity contribution in [2.75, 3.05) is 0 Å². The highest BCUT2D eigenvalue weighted by molar-refractivity contribution is 5.90. The quantitative estimate of drug-likeness (QED) is 0.530. The van der Waals surface area contributed by atoms with Crippen LogP contribution in [0.1, 0.15) is 29.9 Å². The van der Waals surface area contributed by atoms with E-state index in [1.54, 1.807) is 16.9 Å². The predicted octanol–water partition coefficient (Wildman–Crippen LogP) is 2.67. The molecule has 8 nitrogen and oxygen atoms in total. The maximum Gasteiger partial charge on any atom is 0.224 e. The number of aryl methyl sites for hydroxylation is 3. The zero-order valence-corrected chi connectivity index (χ0v) is 17.5. The Labute approximate surface area is 178 Å². The summed E-state index contributed by atoms with van der Waals surface area (Å²) < 4.78 is 17.9. The van der Waals surface area contributed by atoms with Gasteiger partial charge in [0.05, 0.1) is 23.7 Å². The summed E-state index contributed by atoms with van der Waals surface area (Å²) in [6, 6.07) is 5.00. The molecule has 0 saturated heterocycles. The third-order valence-corrected chi connectivity index (χ3v) is 6.01. The molecule has 1 amide bonds. The number of carbonyl (C=O) groups excluding carboxylic acids is 1. The van der Waals surface area contributed by atoms with Crippen molar-refractivity contribution in [3.8, 4) is 11.4 Å². The lowest BCUT2D eigenvalue weighted by atomic mass is 10.1. The summed E-state index contributed by atoms with van der Waals surface area (Å²) in [6.07, 6.45) is 6.28. The second-order valence-corrected chi connectivity index (χ2v) is 8.15. The number of H-pyrrole nitrogens is 1. The number of nitrogens with one attached hydrogen (secondary N) is 2. The van der Waals surface area contributed by atoms with Crippen LogP contribution in [0.2, 0.25) is 0 Å². The first-order valence-electron chi connectivity index (χ1n) is 10.5. The number of hydrogen-bond acceptors (Lipinski definition) is 4. The van der Waals surface area contributed by atoms with Crippen LogP contribution in [-0.2, 0) is 31.2 Å². The van der Waals surface area contributed by atoms with Crippen LogP contribution in [-0.4, -0.2) is 41.5 Å². The first-order valence-corrected chi connectivity index (χ1v) is 10.5. The maximum atomic E-state index is 14.0. The van der Waals surface area contributed by atoms with Crippen molar-refractivity contribution in [1.29, 1.82) is 0 Å². The molecule has 0 spiro atoms. The average Bonchev–Trinajstić information content (AvgIpc) is 3.39. The van der Waals surface area contributed by atoms with Gasteiger partial charge in [-0.25, -0.2) is 4.39 Å². The lowest BCUT2D eigenvalue weighted by molar-refractivity contribution is -0.121. The minimum Gasteiger partial charge on any atom is -0.356 e. The Morgan fingerprint density at radius 1 is 1.32 bits per heavy atom. The third kappa shape index (κ3) is 3.60. The highest BCUT2D eigenvalue weighted by Crippen LogP contribution is 2.25. The predicted molar refractivity (Wildman–Crippen MR) is 114 cm³/mol. The maximum absolute atomic E-state index is 14.0. The standard InChI is InChI=1S/C22H24FN7O/c1-13-17(16-4-3-5-18(23)21(16)25-13)10-20(31)26-15-6-7-19-27-28-22(30(19)9-8-15)14-11-24-29(2)12-14/h3-5,11-12,15,25H,6-10H2,1-2H3,(H,26,31). The monoisotopic (exact) mass is 421 g/mol. The fourth-order valence-electron chi connectivity index (χ4n) is 4.42. The van der Waals surface area contributed by atoms with E-state index in [0.717, 1.165) is 59.7 Å². The van der Waals surface area contributed by atoms with Gasteiger partial charge in [0.1, 0.15) is 11.6 Å². The van der Waals surface area contributed by atoms with Crippen molar-refractivity contribution < 1.29 is 9.18 Å². The van der Waals surface area contributed by atoms with Crippen LogP contribution in [0.4, 0.5) is 4.39 Å². The first kappa shape index (κ1) is 19.5. The lowest BCUT2D eigenvalue weighted by Crippen LogP contribution is -2.36. The van der Waals surface area contributed by atoms with E-state index in [0.29, 0.717) is 5.52 Å². The summed E-state index contributed by atoms with van der Waals surface area (Å²) in [4.78, 5) is 15.9. The number of rotatable bonds is 4. The summed E-state index contributed by atoms with van der Waals surface area (Å²) >= 11 is 0. The molecule has 5 rings (SSSR count). The number of aromatic nitrogens is 6. The molecule has 1 aliphatic rings. The first-order chi connectivity index (χ1) is 15.0. The van der Waals surface area contributed by atoms with Gasteiger partial charge in [-0.2, -0.15) is 5.10 Å². The Hall–Kier alpha value is -3.49. The van der Waals surface area contributed by atoms with E-state index in [4.69, 9.17) is 0 Å². The van der Waals surface area contributed by atoms with Crippen LogP contribution < -0.4 is 5.32 Å². The van der Waals surface area contributed by atoms with Crippen molar-refractivity contribution >= 4 is 16.8 Å². The molecule has 4 heterocycles. The molecule has 4 aromatic rings. The SMILES string of the molecule is Cc1[nH]c2c(F)cccc2c1CC(=O)NC1CCc2nnc(-c3cnn(C)c3)n2CC1. The molecule has 0 fully saturated rings. The molecule has 160 valence electrons. The molecule has 3 aromatic heterocycles. The van der Waals surface area contributed by atoms with E-state index in [2.05, 4.69) is 30.2 Å². The topological polar surface area (TPSA) is 93.4 Å². The fraction of sp³-hybridized carbons (Fsp3) is 0.364. The second-order valence-electron chi connectivity index (χ2n) is 8.15. The van der Waals surface area contributed by atoms with E-state index in [1.165, 1.54) is 6.07 Å². The molecule has 0 aliphatic carbocycles. The van der Waals surface area contributed by atoms with Crippen LogP contribution >= 0.6 is 0 Å². The van der Waals surface area contributed by atoms with Gasteiger partial charge in [-0.1, -0.05) is 12.1 Å². The molecule has 31 heavy (non-hydrogen) atoms. The number of carbonyl (C=O) groups is 1. The summed E-state index contributed by atoms with van der Waals surface area (Å²) in [6.45, 7) is 2.61. The smallest absolute Gasteiger partial charge is 0.224 e. The molecular formula is C22H24FN7O. The number of halogens is 1. The van der Waals surface area contributed by atoms with E-state index >= 15 is 0 Å². The number of hydrogen-bond donors (Lipinski definition) is 2. The molecule has 0 bridgehead atoms. The molecular weight excluding hydrogens is 397 g/mol. The van der Waals surface area contributed by atoms with Crippen molar-refractivity contribution in [3.63, 3.8) is 0 Å². The van der Waals surface area contributed by atoms with Crippen molar-refractivity contribution in [2.24, 2.45) is 7.05 Å². The van der Waals surface area contributed by atoms with Crippen LogP contribution in [0.25, 0.3) is 22.3 Å². The van der Waals surface area contributed by atoms with Gasteiger partial charge < -0.3 is 14.9 Å². The van der Waals surface area contributed by atoms with E-state index in [-0.39, 0.29) is 24.2 Å². The molecule has 1 aromatic carbocycles. The van der Waals surface area contributed by atoms with Crippen LogP contribution in [0.15, 0.2) is 30.6 Å². The van der Waals surface area contributed by atoms with Gasteiger partial charge in [-0.15, -0.1) is 10.2 Å². The number of aromatic amines is 1. The molecule has 0 radical (unpaired) electrons. The highest BCUT2D eigenvalue weighted by Gasteiger charge is 2.23. The summed E-state index contributed by atoms with van der Waals surface area (Å²) in [5, 5.41) is 16.9. The van der Waals surface area contributed by atoms with Gasteiger partial charge in [0.25, 0.3) is 0 Å². The van der Waals surface area contributed by atoms with Gasteiger partial charge in [0, 0.05) is 43.3 Å². The molecule has 9 heteroatoms. The minimum absolute atomic E-state index is 0.0524. The zero-order chi connectivity index (χ0) is 21.5. The summed E-state index contributed by atoms with van der Waals surface area (Å²) in [5.74, 6) is 1.39. The largest absolute Gasteiger partial charge is 0.356 e. The number of para-hydroxylation sites is 1.